The summed E-state index contributed by atoms with van der Waals surface area (Å²) < 4.78 is 6.89. The highest BCUT2D eigenvalue weighted by Crippen LogP contribution is 2.28. The van der Waals surface area contributed by atoms with E-state index in [1.165, 1.54) is 19.5 Å². The van der Waals surface area contributed by atoms with E-state index in [0.717, 1.165) is 11.2 Å². The van der Waals surface area contributed by atoms with Crippen molar-refractivity contribution in [2.45, 2.75) is 0 Å². The van der Waals surface area contributed by atoms with Gasteiger partial charge in [0.1, 0.15) is 29.2 Å². The first-order valence-corrected chi connectivity index (χ1v) is 7.96. The molecule has 26 heavy (non-hydrogen) atoms. The number of anilines is 1. The van der Waals surface area contributed by atoms with E-state index in [2.05, 4.69) is 20.3 Å². The molecule has 1 N–H and O–H groups in total. The van der Waals surface area contributed by atoms with Crippen molar-refractivity contribution in [2.75, 3.05) is 12.4 Å². The molecule has 0 radical (unpaired) electrons. The van der Waals surface area contributed by atoms with Crippen LogP contribution in [0.4, 0.5) is 5.82 Å². The van der Waals surface area contributed by atoms with Crippen LogP contribution in [0.3, 0.4) is 0 Å². The van der Waals surface area contributed by atoms with Gasteiger partial charge in [-0.15, -0.1) is 0 Å². The van der Waals surface area contributed by atoms with Gasteiger partial charge in [-0.3, -0.25) is 9.20 Å². The van der Waals surface area contributed by atoms with Crippen LogP contribution in [-0.2, 0) is 0 Å². The number of pyridine rings is 1. The first kappa shape index (κ1) is 15.8. The minimum Gasteiger partial charge on any atom is -0.481 e. The molecule has 1 aromatic carbocycles. The van der Waals surface area contributed by atoms with Gasteiger partial charge in [0.2, 0.25) is 5.88 Å². The molecule has 7 heteroatoms. The van der Waals surface area contributed by atoms with E-state index in [1.807, 2.05) is 59.1 Å². The normalized spacial score (nSPS) is 10.7. The van der Waals surface area contributed by atoms with Crippen molar-refractivity contribution in [3.63, 3.8) is 0 Å². The van der Waals surface area contributed by atoms with Crippen molar-refractivity contribution >= 4 is 17.4 Å². The molecule has 0 unspecified atom stereocenters. The van der Waals surface area contributed by atoms with Crippen LogP contribution in [0, 0.1) is 0 Å². The van der Waals surface area contributed by atoms with Crippen LogP contribution >= 0.6 is 0 Å². The van der Waals surface area contributed by atoms with Crippen LogP contribution in [0.2, 0.25) is 0 Å². The van der Waals surface area contributed by atoms with Crippen molar-refractivity contribution in [2.24, 2.45) is 0 Å². The van der Waals surface area contributed by atoms with Gasteiger partial charge in [-0.05, 0) is 12.1 Å². The second kappa shape index (κ2) is 6.64. The Labute approximate surface area is 149 Å². The van der Waals surface area contributed by atoms with Gasteiger partial charge in [0.05, 0.1) is 7.11 Å². The minimum atomic E-state index is -0.367. The molecular weight excluding hydrogens is 330 g/mol. The molecule has 0 spiro atoms. The highest BCUT2D eigenvalue weighted by Gasteiger charge is 2.18. The number of hydrogen-bond acceptors (Lipinski definition) is 5. The second-order valence-corrected chi connectivity index (χ2v) is 5.50. The number of rotatable bonds is 4. The van der Waals surface area contributed by atoms with Crippen LogP contribution in [0.1, 0.15) is 10.5 Å². The number of ether oxygens (including phenoxy) is 1. The number of carbonyl (C=O) groups is 1. The molecule has 3 aromatic heterocycles. The standard InChI is InChI=1S/C19H15N5O2/c1-26-16-11-14(20-12-21-16)19(25)23-18-17(13-7-3-2-4-8-13)22-15-9-5-6-10-24(15)18/h2-12H,1H3,(H,23,25). The zero-order valence-electron chi connectivity index (χ0n) is 14.0. The number of carbonyl (C=O) groups excluding carboxylic acids is 1. The lowest BCUT2D eigenvalue weighted by Gasteiger charge is -2.08. The Hall–Kier alpha value is -3.74. The number of hydrogen-bond donors (Lipinski definition) is 1. The predicted octanol–water partition coefficient (Wildman–Crippen LogP) is 3.05. The Morgan fingerprint density at radius 1 is 1.08 bits per heavy atom. The van der Waals surface area contributed by atoms with E-state index in [-0.39, 0.29) is 11.6 Å². The van der Waals surface area contributed by atoms with E-state index in [1.54, 1.807) is 0 Å². The molecule has 4 rings (SSSR count). The third kappa shape index (κ3) is 2.86. The van der Waals surface area contributed by atoms with Gasteiger partial charge in [0.25, 0.3) is 5.91 Å². The molecule has 0 saturated carbocycles. The summed E-state index contributed by atoms with van der Waals surface area (Å²) in [6.07, 6.45) is 3.14. The van der Waals surface area contributed by atoms with Gasteiger partial charge in [-0.2, -0.15) is 0 Å². The Morgan fingerprint density at radius 2 is 1.88 bits per heavy atom. The second-order valence-electron chi connectivity index (χ2n) is 5.50. The Balaban J connectivity index is 1.79. The summed E-state index contributed by atoms with van der Waals surface area (Å²) in [5, 5.41) is 2.92. The van der Waals surface area contributed by atoms with Crippen LogP contribution in [0.5, 0.6) is 5.88 Å². The number of nitrogens with one attached hydrogen (secondary N) is 1. The van der Waals surface area contributed by atoms with E-state index in [0.29, 0.717) is 17.4 Å². The average Bonchev–Trinajstić information content (AvgIpc) is 3.07. The summed E-state index contributed by atoms with van der Waals surface area (Å²) in [4.78, 5) is 25.3. The Kier molecular flexibility index (Phi) is 4.03. The summed E-state index contributed by atoms with van der Waals surface area (Å²) in [6.45, 7) is 0. The lowest BCUT2D eigenvalue weighted by Crippen LogP contribution is -2.16. The zero-order chi connectivity index (χ0) is 17.9. The molecule has 128 valence electrons. The van der Waals surface area contributed by atoms with Crippen molar-refractivity contribution in [3.8, 4) is 17.1 Å². The van der Waals surface area contributed by atoms with Crippen LogP contribution in [0.15, 0.2) is 67.1 Å². The number of aromatic nitrogens is 4. The van der Waals surface area contributed by atoms with Crippen molar-refractivity contribution in [1.29, 1.82) is 0 Å². The number of nitrogens with zero attached hydrogens (tertiary/aromatic N) is 4. The first-order valence-electron chi connectivity index (χ1n) is 7.96. The first-order chi connectivity index (χ1) is 12.8. The summed E-state index contributed by atoms with van der Waals surface area (Å²) >= 11 is 0. The monoisotopic (exact) mass is 345 g/mol. The Morgan fingerprint density at radius 3 is 2.69 bits per heavy atom. The average molecular weight is 345 g/mol. The maximum absolute atomic E-state index is 12.7. The van der Waals surface area contributed by atoms with Crippen LogP contribution in [0.25, 0.3) is 16.9 Å². The van der Waals surface area contributed by atoms with E-state index >= 15 is 0 Å². The number of fused-ring (bicyclic) bond motifs is 1. The predicted molar refractivity (Wildman–Crippen MR) is 97.2 cm³/mol. The summed E-state index contributed by atoms with van der Waals surface area (Å²) in [5.74, 6) is 0.537. The number of methoxy groups -OCH3 is 1. The van der Waals surface area contributed by atoms with Crippen LogP contribution in [-0.4, -0.2) is 32.4 Å². The van der Waals surface area contributed by atoms with Crippen LogP contribution < -0.4 is 10.1 Å². The smallest absolute Gasteiger partial charge is 0.275 e. The third-order valence-electron chi connectivity index (χ3n) is 3.89. The highest BCUT2D eigenvalue weighted by molar-refractivity contribution is 6.04. The fourth-order valence-electron chi connectivity index (χ4n) is 2.66. The third-order valence-corrected chi connectivity index (χ3v) is 3.89. The molecule has 0 saturated heterocycles. The van der Waals surface area contributed by atoms with Crippen molar-refractivity contribution in [3.05, 3.63) is 72.8 Å². The van der Waals surface area contributed by atoms with E-state index in [4.69, 9.17) is 4.74 Å². The SMILES string of the molecule is COc1cc(C(=O)Nc2c(-c3ccccc3)nc3ccccn23)ncn1. The molecule has 0 fully saturated rings. The maximum Gasteiger partial charge on any atom is 0.275 e. The maximum atomic E-state index is 12.7. The number of benzene rings is 1. The lowest BCUT2D eigenvalue weighted by atomic mass is 10.1. The molecule has 3 heterocycles. The molecule has 0 aliphatic heterocycles. The fourth-order valence-corrected chi connectivity index (χ4v) is 2.66. The van der Waals surface area contributed by atoms with Gasteiger partial charge in [0, 0.05) is 17.8 Å². The molecule has 1 amide bonds. The van der Waals surface area contributed by atoms with Gasteiger partial charge in [0.15, 0.2) is 0 Å². The quantitative estimate of drug-likeness (QED) is 0.615. The lowest BCUT2D eigenvalue weighted by molar-refractivity contribution is 0.102. The molecule has 7 nitrogen and oxygen atoms in total. The molecule has 0 bridgehead atoms. The number of amides is 1. The molecular formula is C19H15N5O2. The van der Waals surface area contributed by atoms with Gasteiger partial charge < -0.3 is 10.1 Å². The van der Waals surface area contributed by atoms with Gasteiger partial charge in [-0.25, -0.2) is 15.0 Å². The number of imidazole rings is 1. The van der Waals surface area contributed by atoms with E-state index < -0.39 is 0 Å². The minimum absolute atomic E-state index is 0.210. The largest absolute Gasteiger partial charge is 0.481 e. The summed E-state index contributed by atoms with van der Waals surface area (Å²) in [6, 6.07) is 16.9. The van der Waals surface area contributed by atoms with Gasteiger partial charge in [-0.1, -0.05) is 36.4 Å². The molecule has 0 aliphatic rings. The topological polar surface area (TPSA) is 81.4 Å². The van der Waals surface area contributed by atoms with Crippen molar-refractivity contribution < 1.29 is 9.53 Å². The highest BCUT2D eigenvalue weighted by atomic mass is 16.5. The zero-order valence-corrected chi connectivity index (χ0v) is 14.0. The van der Waals surface area contributed by atoms with Gasteiger partial charge >= 0.3 is 0 Å². The summed E-state index contributed by atoms with van der Waals surface area (Å²) in [7, 11) is 1.49. The molecule has 4 aromatic rings. The van der Waals surface area contributed by atoms with Crippen molar-refractivity contribution in [1.82, 2.24) is 19.4 Å². The summed E-state index contributed by atoms with van der Waals surface area (Å²) in [5.41, 5.74) is 2.54. The molecule has 0 aliphatic carbocycles. The molecule has 0 atom stereocenters. The fraction of sp³-hybridized carbons (Fsp3) is 0.0526. The Bertz CT molecular complexity index is 1080. The van der Waals surface area contributed by atoms with E-state index in [9.17, 15) is 4.79 Å².